The second-order valence-electron chi connectivity index (χ2n) is 6.85. The van der Waals surface area contributed by atoms with Gasteiger partial charge in [-0.1, -0.05) is 0 Å². The number of benzene rings is 2. The van der Waals surface area contributed by atoms with Gasteiger partial charge in [-0.05, 0) is 56.3 Å². The number of carboxylic acids is 2. The molecule has 164 valence electrons. The number of carbonyl (C=O) groups excluding carboxylic acids is 1. The molecule has 3 aromatic rings. The van der Waals surface area contributed by atoms with E-state index in [1.165, 1.54) is 18.2 Å². The van der Waals surface area contributed by atoms with E-state index in [0.717, 1.165) is 29.7 Å². The van der Waals surface area contributed by atoms with Gasteiger partial charge in [0, 0.05) is 22.5 Å². The van der Waals surface area contributed by atoms with Gasteiger partial charge in [0.25, 0.3) is 5.91 Å². The van der Waals surface area contributed by atoms with Crippen molar-refractivity contribution in [1.29, 1.82) is 0 Å². The summed E-state index contributed by atoms with van der Waals surface area (Å²) < 4.78 is 29.2. The summed E-state index contributed by atoms with van der Waals surface area (Å²) in [7, 11) is 0. The zero-order chi connectivity index (χ0) is 23.6. The van der Waals surface area contributed by atoms with Gasteiger partial charge >= 0.3 is 11.9 Å². The van der Waals surface area contributed by atoms with Crippen molar-refractivity contribution >= 4 is 24.1 Å². The monoisotopic (exact) mass is 441 g/mol. The van der Waals surface area contributed by atoms with Crippen molar-refractivity contribution in [2.24, 2.45) is 5.10 Å². The van der Waals surface area contributed by atoms with Crippen molar-refractivity contribution in [3.63, 3.8) is 0 Å². The molecule has 0 unspecified atom stereocenters. The van der Waals surface area contributed by atoms with Crippen LogP contribution in [0, 0.1) is 25.5 Å². The first-order valence-electron chi connectivity index (χ1n) is 9.18. The van der Waals surface area contributed by atoms with Crippen LogP contribution in [0.15, 0.2) is 47.6 Å². The van der Waals surface area contributed by atoms with Crippen LogP contribution >= 0.6 is 0 Å². The number of hydrogen-bond acceptors (Lipinski definition) is 4. The van der Waals surface area contributed by atoms with Crippen molar-refractivity contribution in [3.05, 3.63) is 87.7 Å². The van der Waals surface area contributed by atoms with Gasteiger partial charge in [-0.3, -0.25) is 4.79 Å². The molecule has 0 aliphatic rings. The van der Waals surface area contributed by atoms with Crippen LogP contribution in [-0.2, 0) is 0 Å². The van der Waals surface area contributed by atoms with Crippen LogP contribution in [0.5, 0.6) is 0 Å². The summed E-state index contributed by atoms with van der Waals surface area (Å²) in [6, 6.07) is 9.16. The lowest BCUT2D eigenvalue weighted by molar-refractivity contribution is 0.0679. The Balaban J connectivity index is 1.87. The average Bonchev–Trinajstić information content (AvgIpc) is 3.04. The van der Waals surface area contributed by atoms with Gasteiger partial charge < -0.3 is 14.8 Å². The minimum atomic E-state index is -1.74. The topological polar surface area (TPSA) is 121 Å². The zero-order valence-electron chi connectivity index (χ0n) is 16.9. The quantitative estimate of drug-likeness (QED) is 0.399. The first-order chi connectivity index (χ1) is 15.1. The number of carbonyl (C=O) groups is 3. The van der Waals surface area contributed by atoms with Crippen molar-refractivity contribution < 1.29 is 33.4 Å². The summed E-state index contributed by atoms with van der Waals surface area (Å²) >= 11 is 0. The molecule has 2 aromatic carbocycles. The Morgan fingerprint density at radius 1 is 0.938 bits per heavy atom. The molecule has 8 nitrogen and oxygen atoms in total. The van der Waals surface area contributed by atoms with E-state index < -0.39 is 35.0 Å². The minimum absolute atomic E-state index is 0.00285. The molecule has 1 amide bonds. The van der Waals surface area contributed by atoms with E-state index in [9.17, 15) is 28.3 Å². The second kappa shape index (κ2) is 8.80. The molecule has 1 aromatic heterocycles. The zero-order valence-corrected chi connectivity index (χ0v) is 16.9. The van der Waals surface area contributed by atoms with E-state index in [4.69, 9.17) is 5.11 Å². The fourth-order valence-electron chi connectivity index (χ4n) is 3.19. The highest BCUT2D eigenvalue weighted by molar-refractivity contribution is 5.99. The number of nitrogens with one attached hydrogen (secondary N) is 1. The number of nitrogens with zero attached hydrogens (tertiary/aromatic N) is 2. The maximum atomic E-state index is 13.7. The summed E-state index contributed by atoms with van der Waals surface area (Å²) in [5, 5.41) is 21.9. The number of amides is 1. The number of carboxylic acid groups (broad SMARTS) is 2. The van der Waals surface area contributed by atoms with Crippen LogP contribution in [0.4, 0.5) is 8.78 Å². The molecular weight excluding hydrogens is 424 g/mol. The van der Waals surface area contributed by atoms with Gasteiger partial charge in [-0.25, -0.2) is 23.8 Å². The Kier molecular flexibility index (Phi) is 6.15. The van der Waals surface area contributed by atoms with Crippen LogP contribution in [-0.4, -0.2) is 38.8 Å². The Morgan fingerprint density at radius 2 is 1.53 bits per heavy atom. The number of rotatable bonds is 6. The number of hydrogen-bond donors (Lipinski definition) is 3. The van der Waals surface area contributed by atoms with Gasteiger partial charge in [0.2, 0.25) is 0 Å². The van der Waals surface area contributed by atoms with Crippen LogP contribution in [0.3, 0.4) is 0 Å². The van der Waals surface area contributed by atoms with Gasteiger partial charge in [0.1, 0.15) is 17.2 Å². The van der Waals surface area contributed by atoms with E-state index >= 15 is 0 Å². The normalized spacial score (nSPS) is 11.0. The number of hydrazone groups is 1. The molecule has 0 bridgehead atoms. The molecule has 0 saturated carbocycles. The second-order valence-corrected chi connectivity index (χ2v) is 6.85. The summed E-state index contributed by atoms with van der Waals surface area (Å²) in [5.41, 5.74) is 2.93. The molecule has 1 heterocycles. The van der Waals surface area contributed by atoms with Crippen LogP contribution in [0.1, 0.15) is 48.0 Å². The molecule has 0 atom stereocenters. The third kappa shape index (κ3) is 4.38. The predicted molar refractivity (Wildman–Crippen MR) is 111 cm³/mol. The highest BCUT2D eigenvalue weighted by atomic mass is 19.1. The third-order valence-corrected chi connectivity index (χ3v) is 4.66. The SMILES string of the molecule is Cc1ccc(C)n1-c1cc(C(=O)N/N=C\c2cc(F)c(C(=O)O)c(F)c2)ccc1C(=O)O. The highest BCUT2D eigenvalue weighted by Gasteiger charge is 2.18. The Labute approximate surface area is 180 Å². The molecule has 3 N–H and O–H groups in total. The lowest BCUT2D eigenvalue weighted by Crippen LogP contribution is -2.19. The first-order valence-corrected chi connectivity index (χ1v) is 9.18. The van der Waals surface area contributed by atoms with Gasteiger partial charge in [0.05, 0.1) is 17.5 Å². The lowest BCUT2D eigenvalue weighted by Gasteiger charge is -2.14. The van der Waals surface area contributed by atoms with Crippen molar-refractivity contribution in [1.82, 2.24) is 9.99 Å². The third-order valence-electron chi connectivity index (χ3n) is 4.66. The first kappa shape index (κ1) is 22.3. The molecule has 0 saturated heterocycles. The smallest absolute Gasteiger partial charge is 0.341 e. The van der Waals surface area contributed by atoms with Crippen LogP contribution in [0.25, 0.3) is 5.69 Å². The molecule has 3 rings (SSSR count). The average molecular weight is 441 g/mol. The highest BCUT2D eigenvalue weighted by Crippen LogP contribution is 2.22. The number of halogens is 2. The van der Waals surface area contributed by atoms with Crippen LogP contribution < -0.4 is 5.43 Å². The fraction of sp³-hybridized carbons (Fsp3) is 0.0909. The molecule has 0 aliphatic heterocycles. The van der Waals surface area contributed by atoms with Crippen LogP contribution in [0.2, 0.25) is 0 Å². The summed E-state index contributed by atoms with van der Waals surface area (Å²) in [6.07, 6.45) is 0.947. The summed E-state index contributed by atoms with van der Waals surface area (Å²) in [4.78, 5) is 34.9. The number of aromatic nitrogens is 1. The van der Waals surface area contributed by atoms with Crippen molar-refractivity contribution in [2.45, 2.75) is 13.8 Å². The molecule has 32 heavy (non-hydrogen) atoms. The van der Waals surface area contributed by atoms with Crippen molar-refractivity contribution in [3.8, 4) is 5.69 Å². The van der Waals surface area contributed by atoms with Crippen molar-refractivity contribution in [2.75, 3.05) is 0 Å². The standard InChI is InChI=1S/C22H17F2N3O5/c1-11-3-4-12(2)27(11)18-9-14(5-6-15(18)21(29)30)20(28)26-25-10-13-7-16(23)19(22(31)32)17(24)8-13/h3-10H,1-2H3,(H,26,28)(H,29,30)(H,31,32)/b25-10-. The van der Waals surface area contributed by atoms with E-state index in [-0.39, 0.29) is 16.7 Å². The summed E-state index contributed by atoms with van der Waals surface area (Å²) in [5.74, 6) is -6.16. The minimum Gasteiger partial charge on any atom is -0.478 e. The Hall–Kier alpha value is -4.34. The predicted octanol–water partition coefficient (Wildman–Crippen LogP) is 3.53. The van der Waals surface area contributed by atoms with E-state index in [1.807, 2.05) is 12.1 Å². The molecule has 0 spiro atoms. The molecule has 10 heteroatoms. The fourth-order valence-corrected chi connectivity index (χ4v) is 3.19. The van der Waals surface area contributed by atoms with Gasteiger partial charge in [-0.2, -0.15) is 5.10 Å². The largest absolute Gasteiger partial charge is 0.478 e. The molecule has 0 aliphatic carbocycles. The molecule has 0 radical (unpaired) electrons. The number of aryl methyl sites for hydroxylation is 2. The van der Waals surface area contributed by atoms with E-state index in [1.54, 1.807) is 18.4 Å². The molecule has 0 fully saturated rings. The maximum absolute atomic E-state index is 13.7. The maximum Gasteiger partial charge on any atom is 0.341 e. The van der Waals surface area contributed by atoms with Gasteiger partial charge in [0.15, 0.2) is 0 Å². The van der Waals surface area contributed by atoms with E-state index in [2.05, 4.69) is 10.5 Å². The lowest BCUT2D eigenvalue weighted by atomic mass is 10.1. The number of aromatic carboxylic acids is 2. The summed E-state index contributed by atoms with van der Waals surface area (Å²) in [6.45, 7) is 3.59. The van der Waals surface area contributed by atoms with E-state index in [0.29, 0.717) is 5.69 Å². The Bertz CT molecular complexity index is 1240. The van der Waals surface area contributed by atoms with Gasteiger partial charge in [-0.15, -0.1) is 0 Å². The Morgan fingerprint density at radius 3 is 2.06 bits per heavy atom. The molecular formula is C22H17F2N3O5.